The second-order valence-corrected chi connectivity index (χ2v) is 8.05. The van der Waals surface area contributed by atoms with Crippen molar-refractivity contribution in [1.29, 1.82) is 5.26 Å². The van der Waals surface area contributed by atoms with Gasteiger partial charge in [-0.3, -0.25) is 0 Å². The second-order valence-electron chi connectivity index (χ2n) is 6.92. The van der Waals surface area contributed by atoms with E-state index in [1.54, 1.807) is 24.3 Å². The highest BCUT2D eigenvalue weighted by Crippen LogP contribution is 2.22. The number of carbonyl (C=O) groups is 1. The van der Waals surface area contributed by atoms with Gasteiger partial charge in [0, 0.05) is 28.6 Å². The minimum absolute atomic E-state index is 0.0410. The van der Waals surface area contributed by atoms with Gasteiger partial charge in [0.15, 0.2) is 0 Å². The van der Waals surface area contributed by atoms with Crippen LogP contribution in [0.4, 0.5) is 4.39 Å². The molecular formula is C22H25FN2O2S. The lowest BCUT2D eigenvalue weighted by atomic mass is 10.1. The smallest absolute Gasteiger partial charge is 0.348 e. The van der Waals surface area contributed by atoms with E-state index in [4.69, 9.17) is 4.74 Å². The van der Waals surface area contributed by atoms with Gasteiger partial charge in [-0.1, -0.05) is 26.0 Å². The summed E-state index contributed by atoms with van der Waals surface area (Å²) in [4.78, 5) is 12.7. The van der Waals surface area contributed by atoms with Gasteiger partial charge in [0.25, 0.3) is 0 Å². The molecule has 1 heterocycles. The third kappa shape index (κ3) is 5.74. The quantitative estimate of drug-likeness (QED) is 0.202. The molecule has 0 aliphatic carbocycles. The molecule has 0 bridgehead atoms. The number of halogens is 1. The molecule has 0 saturated carbocycles. The maximum absolute atomic E-state index is 13.6. The van der Waals surface area contributed by atoms with Gasteiger partial charge in [0.2, 0.25) is 0 Å². The molecule has 1 aromatic carbocycles. The average Bonchev–Trinajstić information content (AvgIpc) is 2.91. The Morgan fingerprint density at radius 1 is 1.36 bits per heavy atom. The van der Waals surface area contributed by atoms with E-state index < -0.39 is 5.97 Å². The second kappa shape index (κ2) is 10.1. The molecule has 0 radical (unpaired) electrons. The van der Waals surface area contributed by atoms with E-state index in [1.165, 1.54) is 17.8 Å². The number of nitrogens with zero attached hydrogens (tertiary/aromatic N) is 2. The average molecular weight is 401 g/mol. The van der Waals surface area contributed by atoms with Gasteiger partial charge < -0.3 is 9.30 Å². The maximum atomic E-state index is 13.6. The minimum atomic E-state index is -0.662. The van der Waals surface area contributed by atoms with E-state index >= 15 is 0 Å². The molecule has 0 unspecified atom stereocenters. The van der Waals surface area contributed by atoms with Crippen LogP contribution in [0.2, 0.25) is 0 Å². The summed E-state index contributed by atoms with van der Waals surface area (Å²) in [5, 5.41) is 9.36. The van der Waals surface area contributed by atoms with E-state index in [-0.39, 0.29) is 18.0 Å². The Hall–Kier alpha value is -2.52. The number of esters is 1. The zero-order valence-electron chi connectivity index (χ0n) is 16.7. The Balaban J connectivity index is 2.00. The van der Waals surface area contributed by atoms with Gasteiger partial charge in [0.05, 0.1) is 0 Å². The van der Waals surface area contributed by atoms with E-state index in [2.05, 4.69) is 18.4 Å². The zero-order valence-corrected chi connectivity index (χ0v) is 17.5. The summed E-state index contributed by atoms with van der Waals surface area (Å²) in [6, 6.07) is 10.3. The van der Waals surface area contributed by atoms with Gasteiger partial charge in [-0.25, -0.2) is 9.18 Å². The molecule has 2 aromatic rings. The third-order valence-electron chi connectivity index (χ3n) is 4.21. The maximum Gasteiger partial charge on any atom is 0.348 e. The Bertz CT molecular complexity index is 910. The lowest BCUT2D eigenvalue weighted by molar-refractivity contribution is -0.137. The zero-order chi connectivity index (χ0) is 20.7. The fourth-order valence-corrected chi connectivity index (χ4v) is 3.61. The van der Waals surface area contributed by atoms with Crippen molar-refractivity contribution >= 4 is 23.8 Å². The van der Waals surface area contributed by atoms with Crippen LogP contribution in [0.15, 0.2) is 40.8 Å². The van der Waals surface area contributed by atoms with Gasteiger partial charge in [0.1, 0.15) is 24.1 Å². The van der Waals surface area contributed by atoms with Crippen molar-refractivity contribution in [3.8, 4) is 6.07 Å². The van der Waals surface area contributed by atoms with Crippen LogP contribution < -0.4 is 0 Å². The molecule has 4 nitrogen and oxygen atoms in total. The monoisotopic (exact) mass is 400 g/mol. The summed E-state index contributed by atoms with van der Waals surface area (Å²) in [7, 11) is 0. The highest BCUT2D eigenvalue weighted by atomic mass is 32.2. The van der Waals surface area contributed by atoms with Gasteiger partial charge in [-0.2, -0.15) is 5.26 Å². The predicted octanol–water partition coefficient (Wildman–Crippen LogP) is 5.14. The third-order valence-corrected chi connectivity index (χ3v) is 5.22. The van der Waals surface area contributed by atoms with Crippen LogP contribution in [0.25, 0.3) is 6.08 Å². The molecule has 28 heavy (non-hydrogen) atoms. The number of aromatic nitrogens is 1. The van der Waals surface area contributed by atoms with Crippen molar-refractivity contribution in [2.24, 2.45) is 5.92 Å². The molecule has 0 atom stereocenters. The molecule has 0 N–H and O–H groups in total. The standard InChI is InChI=1S/C22H25FN2O2S/c1-15(2)14-25-16(3)11-18(17(25)4)12-19(13-24)22(26)27-9-10-28-21-8-6-5-7-20(21)23/h5-8,11-12,15H,9-10,14H2,1-4H3/b19-12+. The van der Waals surface area contributed by atoms with E-state index in [1.807, 2.05) is 26.0 Å². The number of thioether (sulfide) groups is 1. The van der Waals surface area contributed by atoms with Crippen LogP contribution in [0.1, 0.15) is 30.8 Å². The molecule has 0 fully saturated rings. The first-order valence-electron chi connectivity index (χ1n) is 9.16. The number of aryl methyl sites for hydroxylation is 1. The highest BCUT2D eigenvalue weighted by Gasteiger charge is 2.14. The topological polar surface area (TPSA) is 55.0 Å². The normalized spacial score (nSPS) is 11.5. The molecule has 1 aromatic heterocycles. The van der Waals surface area contributed by atoms with Gasteiger partial charge in [-0.05, 0) is 49.6 Å². The van der Waals surface area contributed by atoms with E-state index in [9.17, 15) is 14.4 Å². The molecule has 0 spiro atoms. The fourth-order valence-electron chi connectivity index (χ4n) is 2.84. The highest BCUT2D eigenvalue weighted by molar-refractivity contribution is 7.99. The number of ether oxygens (including phenoxy) is 1. The van der Waals surface area contributed by atoms with Crippen molar-refractivity contribution in [3.63, 3.8) is 0 Å². The number of hydrogen-bond donors (Lipinski definition) is 0. The molecule has 6 heteroatoms. The van der Waals surface area contributed by atoms with Crippen molar-refractivity contribution in [3.05, 3.63) is 58.7 Å². The van der Waals surface area contributed by atoms with Gasteiger partial charge in [-0.15, -0.1) is 11.8 Å². The van der Waals surface area contributed by atoms with Crippen LogP contribution in [0, 0.1) is 36.9 Å². The van der Waals surface area contributed by atoms with Crippen molar-refractivity contribution < 1.29 is 13.9 Å². The molecule has 0 aliphatic heterocycles. The molecule has 0 amide bonds. The van der Waals surface area contributed by atoms with Crippen LogP contribution in [-0.4, -0.2) is 22.9 Å². The lowest BCUT2D eigenvalue weighted by Crippen LogP contribution is -2.10. The molecule has 2 rings (SSSR count). The summed E-state index contributed by atoms with van der Waals surface area (Å²) in [5.74, 6) is -0.0543. The summed E-state index contributed by atoms with van der Waals surface area (Å²) < 4.78 is 20.9. The predicted molar refractivity (Wildman–Crippen MR) is 110 cm³/mol. The largest absolute Gasteiger partial charge is 0.461 e. The SMILES string of the molecule is Cc1cc(/C=C(\C#N)C(=O)OCCSc2ccccc2F)c(C)n1CC(C)C. The summed E-state index contributed by atoms with van der Waals surface area (Å²) in [6.07, 6.45) is 1.57. The number of nitriles is 1. The van der Waals surface area contributed by atoms with Crippen LogP contribution in [-0.2, 0) is 16.1 Å². The fraction of sp³-hybridized carbons (Fsp3) is 0.364. The molecule has 0 aliphatic rings. The van der Waals surface area contributed by atoms with Crippen molar-refractivity contribution in [1.82, 2.24) is 4.57 Å². The number of hydrogen-bond acceptors (Lipinski definition) is 4. The molecular weight excluding hydrogens is 375 g/mol. The molecule has 148 valence electrons. The summed E-state index contributed by atoms with van der Waals surface area (Å²) >= 11 is 1.27. The number of carbonyl (C=O) groups excluding carboxylic acids is 1. The first kappa shape index (κ1) is 21.8. The summed E-state index contributed by atoms with van der Waals surface area (Å²) in [5.41, 5.74) is 2.90. The Morgan fingerprint density at radius 3 is 2.71 bits per heavy atom. The Kier molecular flexibility index (Phi) is 7.89. The van der Waals surface area contributed by atoms with Crippen molar-refractivity contribution in [2.45, 2.75) is 39.1 Å². The number of rotatable bonds is 8. The molecule has 0 saturated heterocycles. The first-order valence-corrected chi connectivity index (χ1v) is 10.1. The van der Waals surface area contributed by atoms with Gasteiger partial charge >= 0.3 is 5.97 Å². The van der Waals surface area contributed by atoms with Crippen LogP contribution >= 0.6 is 11.8 Å². The Labute approximate surface area is 170 Å². The van der Waals surface area contributed by atoms with E-state index in [0.717, 1.165) is 23.5 Å². The first-order chi connectivity index (χ1) is 13.3. The number of benzene rings is 1. The Morgan fingerprint density at radius 2 is 2.07 bits per heavy atom. The van der Waals surface area contributed by atoms with E-state index in [0.29, 0.717) is 16.6 Å². The van der Waals surface area contributed by atoms with Crippen LogP contribution in [0.5, 0.6) is 0 Å². The lowest BCUT2D eigenvalue weighted by Gasteiger charge is -2.12. The van der Waals surface area contributed by atoms with Crippen molar-refractivity contribution in [2.75, 3.05) is 12.4 Å². The summed E-state index contributed by atoms with van der Waals surface area (Å²) in [6.45, 7) is 9.26. The minimum Gasteiger partial charge on any atom is -0.461 e. The van der Waals surface area contributed by atoms with Crippen LogP contribution in [0.3, 0.4) is 0 Å².